The van der Waals surface area contributed by atoms with Crippen molar-refractivity contribution >= 4 is 33.2 Å². The number of para-hydroxylation sites is 2. The maximum atomic E-state index is 12.4. The lowest BCUT2D eigenvalue weighted by atomic mass is 10.1. The lowest BCUT2D eigenvalue weighted by molar-refractivity contribution is -0.118. The summed E-state index contributed by atoms with van der Waals surface area (Å²) in [5, 5.41) is 0. The molecule has 2 aromatic rings. The second-order valence-corrected chi connectivity index (χ2v) is 5.75. The minimum absolute atomic E-state index is 0.0590. The standard InChI is InChI=1S/C16H15BrN2O2/c17-13-9-12(18)6-5-11(13)10-19-14-3-1-2-4-15(14)21-8-7-16(19)20/h1-6,9H,7-8,10,18H2. The lowest BCUT2D eigenvalue weighted by Gasteiger charge is -2.22. The van der Waals surface area contributed by atoms with Crippen LogP contribution in [0.3, 0.4) is 0 Å². The molecule has 0 radical (unpaired) electrons. The van der Waals surface area contributed by atoms with E-state index in [1.54, 1.807) is 4.90 Å². The van der Waals surface area contributed by atoms with Crippen molar-refractivity contribution in [2.75, 3.05) is 17.2 Å². The average molecular weight is 347 g/mol. The molecule has 108 valence electrons. The van der Waals surface area contributed by atoms with Gasteiger partial charge in [0.15, 0.2) is 0 Å². The summed E-state index contributed by atoms with van der Waals surface area (Å²) in [5.41, 5.74) is 8.27. The number of ether oxygens (including phenoxy) is 1. The molecule has 5 heteroatoms. The number of rotatable bonds is 2. The topological polar surface area (TPSA) is 55.6 Å². The molecule has 1 amide bonds. The molecule has 0 saturated carbocycles. The Balaban J connectivity index is 1.98. The third kappa shape index (κ3) is 2.88. The van der Waals surface area contributed by atoms with E-state index < -0.39 is 0 Å². The number of anilines is 2. The molecule has 1 aliphatic heterocycles. The summed E-state index contributed by atoms with van der Waals surface area (Å²) >= 11 is 3.50. The summed E-state index contributed by atoms with van der Waals surface area (Å²) in [6.07, 6.45) is 0.376. The number of nitrogens with zero attached hydrogens (tertiary/aromatic N) is 1. The normalized spacial score (nSPS) is 14.3. The van der Waals surface area contributed by atoms with Crippen molar-refractivity contribution < 1.29 is 9.53 Å². The van der Waals surface area contributed by atoms with Gasteiger partial charge < -0.3 is 15.4 Å². The van der Waals surface area contributed by atoms with Crippen LogP contribution in [-0.2, 0) is 11.3 Å². The number of carbonyl (C=O) groups excluding carboxylic acids is 1. The van der Waals surface area contributed by atoms with Crippen LogP contribution in [-0.4, -0.2) is 12.5 Å². The number of fused-ring (bicyclic) bond motifs is 1. The molecule has 2 N–H and O–H groups in total. The van der Waals surface area contributed by atoms with Crippen LogP contribution in [0.2, 0.25) is 0 Å². The first kappa shape index (κ1) is 13.9. The second kappa shape index (κ2) is 5.77. The van der Waals surface area contributed by atoms with Crippen molar-refractivity contribution in [1.29, 1.82) is 0 Å². The highest BCUT2D eigenvalue weighted by molar-refractivity contribution is 9.10. The molecule has 0 unspecified atom stereocenters. The van der Waals surface area contributed by atoms with Gasteiger partial charge in [-0.3, -0.25) is 4.79 Å². The fraction of sp³-hybridized carbons (Fsp3) is 0.188. The van der Waals surface area contributed by atoms with Crippen LogP contribution in [0.15, 0.2) is 46.9 Å². The van der Waals surface area contributed by atoms with Crippen LogP contribution in [0, 0.1) is 0 Å². The highest BCUT2D eigenvalue weighted by atomic mass is 79.9. The van der Waals surface area contributed by atoms with Gasteiger partial charge in [0.05, 0.1) is 25.3 Å². The first-order chi connectivity index (χ1) is 10.1. The van der Waals surface area contributed by atoms with Crippen molar-refractivity contribution in [1.82, 2.24) is 0 Å². The van der Waals surface area contributed by atoms with E-state index in [9.17, 15) is 4.79 Å². The number of amides is 1. The molecule has 0 aliphatic carbocycles. The number of benzene rings is 2. The van der Waals surface area contributed by atoms with Crippen molar-refractivity contribution in [3.8, 4) is 5.75 Å². The van der Waals surface area contributed by atoms with Crippen LogP contribution >= 0.6 is 15.9 Å². The molecule has 4 nitrogen and oxygen atoms in total. The zero-order valence-electron chi connectivity index (χ0n) is 11.4. The van der Waals surface area contributed by atoms with E-state index >= 15 is 0 Å². The number of nitrogens with two attached hydrogens (primary N) is 1. The summed E-state index contributed by atoms with van der Waals surface area (Å²) in [4.78, 5) is 14.1. The first-order valence-corrected chi connectivity index (χ1v) is 7.50. The Morgan fingerprint density at radius 1 is 1.24 bits per heavy atom. The van der Waals surface area contributed by atoms with Crippen LogP contribution in [0.1, 0.15) is 12.0 Å². The number of halogens is 1. The van der Waals surface area contributed by atoms with Gasteiger partial charge in [-0.25, -0.2) is 0 Å². The third-order valence-corrected chi connectivity index (χ3v) is 4.17. The second-order valence-electron chi connectivity index (χ2n) is 4.90. The van der Waals surface area contributed by atoms with E-state index in [1.807, 2.05) is 42.5 Å². The zero-order valence-corrected chi connectivity index (χ0v) is 13.0. The minimum Gasteiger partial charge on any atom is -0.491 e. The van der Waals surface area contributed by atoms with Crippen LogP contribution in [0.5, 0.6) is 5.75 Å². The van der Waals surface area contributed by atoms with Crippen LogP contribution in [0.4, 0.5) is 11.4 Å². The fourth-order valence-electron chi connectivity index (χ4n) is 2.36. The van der Waals surface area contributed by atoms with Gasteiger partial charge in [0.2, 0.25) is 5.91 Å². The molecule has 2 aromatic carbocycles. The lowest BCUT2D eigenvalue weighted by Crippen LogP contribution is -2.29. The number of hydrogen-bond donors (Lipinski definition) is 1. The van der Waals surface area contributed by atoms with Gasteiger partial charge in [0, 0.05) is 10.2 Å². The Kier molecular flexibility index (Phi) is 3.84. The molecule has 0 atom stereocenters. The maximum absolute atomic E-state index is 12.4. The Hall–Kier alpha value is -2.01. The molecule has 3 rings (SSSR count). The number of hydrogen-bond acceptors (Lipinski definition) is 3. The Bertz CT molecular complexity index is 688. The number of carbonyl (C=O) groups is 1. The molecule has 1 aliphatic rings. The summed E-state index contributed by atoms with van der Waals surface area (Å²) < 4.78 is 6.54. The van der Waals surface area contributed by atoms with E-state index in [2.05, 4.69) is 15.9 Å². The molecule has 0 bridgehead atoms. The van der Waals surface area contributed by atoms with E-state index in [4.69, 9.17) is 10.5 Å². The van der Waals surface area contributed by atoms with Gasteiger partial charge in [-0.2, -0.15) is 0 Å². The van der Waals surface area contributed by atoms with E-state index in [0.29, 0.717) is 25.3 Å². The zero-order chi connectivity index (χ0) is 14.8. The summed E-state index contributed by atoms with van der Waals surface area (Å²) in [6, 6.07) is 13.2. The average Bonchev–Trinajstić information content (AvgIpc) is 2.62. The molecule has 0 saturated heterocycles. The van der Waals surface area contributed by atoms with Gasteiger partial charge in [-0.05, 0) is 29.8 Å². The Morgan fingerprint density at radius 3 is 2.86 bits per heavy atom. The van der Waals surface area contributed by atoms with Crippen molar-refractivity contribution in [3.05, 3.63) is 52.5 Å². The summed E-state index contributed by atoms with van der Waals surface area (Å²) in [7, 11) is 0. The molecular formula is C16H15BrN2O2. The van der Waals surface area contributed by atoms with Crippen molar-refractivity contribution in [2.24, 2.45) is 0 Å². The predicted molar refractivity (Wildman–Crippen MR) is 86.3 cm³/mol. The first-order valence-electron chi connectivity index (χ1n) is 6.71. The summed E-state index contributed by atoms with van der Waals surface area (Å²) in [5.74, 6) is 0.804. The van der Waals surface area contributed by atoms with Gasteiger partial charge in [-0.1, -0.05) is 34.1 Å². The Labute approximate surface area is 131 Å². The SMILES string of the molecule is Nc1ccc(CN2C(=O)CCOc3ccccc32)c(Br)c1. The molecule has 0 fully saturated rings. The maximum Gasteiger partial charge on any atom is 0.230 e. The molecule has 21 heavy (non-hydrogen) atoms. The molecule has 1 heterocycles. The number of nitrogen functional groups attached to an aromatic ring is 1. The molecule has 0 aromatic heterocycles. The molecular weight excluding hydrogens is 332 g/mol. The predicted octanol–water partition coefficient (Wildman–Crippen LogP) is 3.35. The quantitative estimate of drug-likeness (QED) is 0.848. The van der Waals surface area contributed by atoms with Crippen LogP contribution < -0.4 is 15.4 Å². The Morgan fingerprint density at radius 2 is 2.05 bits per heavy atom. The highest BCUT2D eigenvalue weighted by Crippen LogP contribution is 2.33. The largest absolute Gasteiger partial charge is 0.491 e. The van der Waals surface area contributed by atoms with Gasteiger partial charge in [0.1, 0.15) is 5.75 Å². The third-order valence-electron chi connectivity index (χ3n) is 3.44. The van der Waals surface area contributed by atoms with Gasteiger partial charge in [-0.15, -0.1) is 0 Å². The monoisotopic (exact) mass is 346 g/mol. The molecule has 0 spiro atoms. The smallest absolute Gasteiger partial charge is 0.230 e. The van der Waals surface area contributed by atoms with E-state index in [1.165, 1.54) is 0 Å². The van der Waals surface area contributed by atoms with Crippen molar-refractivity contribution in [2.45, 2.75) is 13.0 Å². The van der Waals surface area contributed by atoms with E-state index in [-0.39, 0.29) is 5.91 Å². The minimum atomic E-state index is 0.0590. The van der Waals surface area contributed by atoms with E-state index in [0.717, 1.165) is 21.5 Å². The fourth-order valence-corrected chi connectivity index (χ4v) is 2.88. The highest BCUT2D eigenvalue weighted by Gasteiger charge is 2.23. The van der Waals surface area contributed by atoms with Crippen molar-refractivity contribution in [3.63, 3.8) is 0 Å². The van der Waals surface area contributed by atoms with Crippen LogP contribution in [0.25, 0.3) is 0 Å². The van der Waals surface area contributed by atoms with Gasteiger partial charge in [0.25, 0.3) is 0 Å². The van der Waals surface area contributed by atoms with Gasteiger partial charge >= 0.3 is 0 Å². The summed E-state index contributed by atoms with van der Waals surface area (Å²) in [6.45, 7) is 0.898.